The largest absolute Gasteiger partial charge is 0.497 e. The highest BCUT2D eigenvalue weighted by molar-refractivity contribution is 5.96. The summed E-state index contributed by atoms with van der Waals surface area (Å²) in [6, 6.07) is 22.5. The summed E-state index contributed by atoms with van der Waals surface area (Å²) >= 11 is 0. The van der Waals surface area contributed by atoms with E-state index < -0.39 is 41.5 Å². The van der Waals surface area contributed by atoms with Crippen molar-refractivity contribution in [1.29, 1.82) is 0 Å². The van der Waals surface area contributed by atoms with Crippen molar-refractivity contribution in [2.24, 2.45) is 11.8 Å². The van der Waals surface area contributed by atoms with Crippen molar-refractivity contribution in [1.82, 2.24) is 15.2 Å². The van der Waals surface area contributed by atoms with E-state index in [1.54, 1.807) is 25.3 Å². The maximum absolute atomic E-state index is 14.4. The lowest BCUT2D eigenvalue weighted by molar-refractivity contribution is -0.145. The van der Waals surface area contributed by atoms with Gasteiger partial charge in [0.15, 0.2) is 0 Å². The van der Waals surface area contributed by atoms with E-state index in [1.165, 1.54) is 11.0 Å². The fraction of sp³-hybridized carbons (Fsp3) is 0.333. The van der Waals surface area contributed by atoms with Crippen LogP contribution in [0.5, 0.6) is 11.5 Å². The molecule has 2 fully saturated rings. The Labute approximate surface area is 290 Å². The van der Waals surface area contributed by atoms with Gasteiger partial charge in [-0.1, -0.05) is 62.4 Å². The maximum Gasteiger partial charge on any atom is 0.330 e. The number of carboxylic acids is 1. The van der Waals surface area contributed by atoms with E-state index in [0.29, 0.717) is 34.0 Å². The van der Waals surface area contributed by atoms with Crippen molar-refractivity contribution in [2.45, 2.75) is 57.0 Å². The summed E-state index contributed by atoms with van der Waals surface area (Å²) in [6.07, 6.45) is 1.29. The molecule has 11 heteroatoms. The number of hydrogen-bond donors (Lipinski definition) is 4. The molecule has 0 spiro atoms. The number of aliphatic hydroxyl groups excluding tert-OH is 1. The molecule has 6 rings (SSSR count). The van der Waals surface area contributed by atoms with Gasteiger partial charge in [0.1, 0.15) is 35.2 Å². The first-order chi connectivity index (χ1) is 24.1. The first kappa shape index (κ1) is 34.4. The molecule has 11 nitrogen and oxygen atoms in total. The Morgan fingerprint density at radius 3 is 2.52 bits per heavy atom. The van der Waals surface area contributed by atoms with Crippen molar-refractivity contribution >= 4 is 34.4 Å². The minimum absolute atomic E-state index is 0.0874. The number of likely N-dealkylation sites (tertiary alicyclic amines) is 1. The van der Waals surface area contributed by atoms with Crippen LogP contribution in [-0.2, 0) is 21.0 Å². The van der Waals surface area contributed by atoms with Gasteiger partial charge in [-0.15, -0.1) is 6.58 Å². The Morgan fingerprint density at radius 2 is 1.86 bits per heavy atom. The zero-order valence-corrected chi connectivity index (χ0v) is 28.3. The van der Waals surface area contributed by atoms with Gasteiger partial charge >= 0.3 is 5.97 Å². The van der Waals surface area contributed by atoms with E-state index in [2.05, 4.69) is 17.2 Å². The van der Waals surface area contributed by atoms with E-state index in [0.717, 1.165) is 10.9 Å². The molecule has 5 atom stereocenters. The second-order valence-electron chi connectivity index (χ2n) is 13.3. The van der Waals surface area contributed by atoms with Crippen molar-refractivity contribution in [3.05, 3.63) is 97.1 Å². The molecule has 1 aliphatic heterocycles. The highest BCUT2D eigenvalue weighted by Crippen LogP contribution is 2.45. The molecule has 4 N–H and O–H groups in total. The van der Waals surface area contributed by atoms with Gasteiger partial charge in [-0.3, -0.25) is 9.59 Å². The summed E-state index contributed by atoms with van der Waals surface area (Å²) in [6.45, 7) is 7.48. The molecular formula is C39H42N4O7. The fourth-order valence-corrected chi connectivity index (χ4v) is 6.66. The standard InChI is InChI=1S/C39H42N4O7/c1-5-26-20-39(26,38(47)48)42-36(45)33-18-29(21-43(33)37(46)35(23(2)3)40-27-13-9-10-24(16-27)22-44)50-34-19-31(25-11-7-6-8-12-25)41-32-17-28(49-4)14-15-30(32)34/h5-17,19,23,26,29,33,35,40,44H,1,18,20-22H2,2-4H3,(H,42,45)(H,47,48)/t26-,29+,33-,35-,39?/m0/s1. The minimum atomic E-state index is -1.46. The Morgan fingerprint density at radius 1 is 1.08 bits per heavy atom. The average molecular weight is 679 g/mol. The Kier molecular flexibility index (Phi) is 9.79. The molecule has 3 aromatic carbocycles. The van der Waals surface area contributed by atoms with Crippen LogP contribution < -0.4 is 20.1 Å². The predicted molar refractivity (Wildman–Crippen MR) is 190 cm³/mol. The third kappa shape index (κ3) is 6.86. The van der Waals surface area contributed by atoms with Gasteiger partial charge in [0.25, 0.3) is 0 Å². The molecule has 2 aliphatic rings. The number of pyridine rings is 1. The van der Waals surface area contributed by atoms with E-state index in [-0.39, 0.29) is 37.8 Å². The minimum Gasteiger partial charge on any atom is -0.497 e. The van der Waals surface area contributed by atoms with Crippen LogP contribution in [-0.4, -0.2) is 75.3 Å². The van der Waals surface area contributed by atoms with Gasteiger partial charge in [0.05, 0.1) is 31.5 Å². The zero-order chi connectivity index (χ0) is 35.6. The number of carbonyl (C=O) groups excluding carboxylic acids is 2. The van der Waals surface area contributed by atoms with Gasteiger partial charge in [-0.25, -0.2) is 9.78 Å². The second-order valence-corrected chi connectivity index (χ2v) is 13.3. The molecular weight excluding hydrogens is 636 g/mol. The van der Waals surface area contributed by atoms with Gasteiger partial charge in [0, 0.05) is 41.1 Å². The highest BCUT2D eigenvalue weighted by Gasteiger charge is 2.61. The van der Waals surface area contributed by atoms with Crippen LogP contribution in [0.4, 0.5) is 5.69 Å². The molecule has 50 heavy (non-hydrogen) atoms. The lowest BCUT2D eigenvalue weighted by atomic mass is 10.0. The van der Waals surface area contributed by atoms with Crippen LogP contribution in [0.15, 0.2) is 91.5 Å². The van der Waals surface area contributed by atoms with Crippen molar-refractivity contribution in [3.8, 4) is 22.8 Å². The molecule has 2 amide bonds. The molecule has 4 aromatic rings. The molecule has 1 saturated heterocycles. The first-order valence-corrected chi connectivity index (χ1v) is 16.7. The lowest BCUT2D eigenvalue weighted by Crippen LogP contribution is -2.55. The average Bonchev–Trinajstić information content (AvgIpc) is 3.69. The summed E-state index contributed by atoms with van der Waals surface area (Å²) in [4.78, 5) is 47.1. The summed E-state index contributed by atoms with van der Waals surface area (Å²) in [7, 11) is 1.59. The fourth-order valence-electron chi connectivity index (χ4n) is 6.66. The number of amides is 2. The Hall–Kier alpha value is -5.42. The Bertz CT molecular complexity index is 1920. The van der Waals surface area contributed by atoms with Gasteiger partial charge in [-0.2, -0.15) is 0 Å². The van der Waals surface area contributed by atoms with Gasteiger partial charge in [-0.05, 0) is 42.2 Å². The number of carboxylic acid groups (broad SMARTS) is 1. The number of carbonyl (C=O) groups is 3. The number of anilines is 1. The third-order valence-corrected chi connectivity index (χ3v) is 9.58. The molecule has 1 aliphatic carbocycles. The summed E-state index contributed by atoms with van der Waals surface area (Å²) in [5, 5.41) is 26.5. The molecule has 2 heterocycles. The van der Waals surface area contributed by atoms with Crippen LogP contribution in [0.25, 0.3) is 22.2 Å². The third-order valence-electron chi connectivity index (χ3n) is 9.58. The van der Waals surface area contributed by atoms with Crippen LogP contribution in [0, 0.1) is 11.8 Å². The number of fused-ring (bicyclic) bond motifs is 1. The van der Waals surface area contributed by atoms with Gasteiger partial charge in [0.2, 0.25) is 11.8 Å². The number of aliphatic hydroxyl groups is 1. The van der Waals surface area contributed by atoms with Crippen LogP contribution in [0.2, 0.25) is 0 Å². The van der Waals surface area contributed by atoms with Crippen molar-refractivity contribution < 1.29 is 34.1 Å². The molecule has 1 saturated carbocycles. The quantitative estimate of drug-likeness (QED) is 0.143. The summed E-state index contributed by atoms with van der Waals surface area (Å²) in [5.74, 6) is -1.46. The number of ether oxygens (including phenoxy) is 2. The molecule has 0 radical (unpaired) electrons. The SMILES string of the molecule is C=C[C@H]1CC1(NC(=O)[C@@H]1C[C@@H](Oc2cc(-c3ccccc3)nc3cc(OC)ccc23)CN1C(=O)[C@@H](Nc1cccc(CO)c1)C(C)C)C(=O)O. The summed E-state index contributed by atoms with van der Waals surface area (Å²) < 4.78 is 12.1. The number of benzene rings is 3. The number of nitrogens with zero attached hydrogens (tertiary/aromatic N) is 2. The monoisotopic (exact) mass is 678 g/mol. The van der Waals surface area contributed by atoms with E-state index >= 15 is 0 Å². The number of aromatic nitrogens is 1. The number of rotatable bonds is 13. The Balaban J connectivity index is 1.34. The number of aliphatic carboxylic acids is 1. The predicted octanol–water partition coefficient (Wildman–Crippen LogP) is 5.03. The normalized spacial score (nSPS) is 21.8. The summed E-state index contributed by atoms with van der Waals surface area (Å²) in [5.41, 5.74) is 2.11. The molecule has 260 valence electrons. The van der Waals surface area contributed by atoms with E-state index in [4.69, 9.17) is 14.5 Å². The second kappa shape index (κ2) is 14.2. The van der Waals surface area contributed by atoms with Crippen LogP contribution >= 0.6 is 0 Å². The first-order valence-electron chi connectivity index (χ1n) is 16.7. The lowest BCUT2D eigenvalue weighted by Gasteiger charge is -2.31. The molecule has 0 bridgehead atoms. The number of nitrogens with one attached hydrogen (secondary N) is 2. The van der Waals surface area contributed by atoms with Crippen molar-refractivity contribution in [3.63, 3.8) is 0 Å². The van der Waals surface area contributed by atoms with Gasteiger partial charge < -0.3 is 35.2 Å². The topological polar surface area (TPSA) is 150 Å². The molecule has 1 unspecified atom stereocenters. The number of hydrogen-bond acceptors (Lipinski definition) is 8. The van der Waals surface area contributed by atoms with Crippen LogP contribution in [0.1, 0.15) is 32.3 Å². The smallest absolute Gasteiger partial charge is 0.330 e. The highest BCUT2D eigenvalue weighted by atomic mass is 16.5. The number of methoxy groups -OCH3 is 1. The van der Waals surface area contributed by atoms with E-state index in [1.807, 2.05) is 74.5 Å². The molecule has 1 aromatic heterocycles. The zero-order valence-electron chi connectivity index (χ0n) is 28.3. The van der Waals surface area contributed by atoms with Crippen LogP contribution in [0.3, 0.4) is 0 Å². The van der Waals surface area contributed by atoms with E-state index in [9.17, 15) is 24.6 Å². The maximum atomic E-state index is 14.4. The van der Waals surface area contributed by atoms with Crippen molar-refractivity contribution in [2.75, 3.05) is 19.0 Å².